The van der Waals surface area contributed by atoms with Crippen molar-refractivity contribution in [1.82, 2.24) is 15.1 Å². The quantitative estimate of drug-likeness (QED) is 0.746. The Morgan fingerprint density at radius 2 is 2.33 bits per heavy atom. The highest BCUT2D eigenvalue weighted by atomic mass is 35.5. The van der Waals surface area contributed by atoms with Crippen LogP contribution in [0.1, 0.15) is 11.5 Å². The molecule has 0 aliphatic heterocycles. The van der Waals surface area contributed by atoms with Crippen LogP contribution in [0.3, 0.4) is 0 Å². The molecular formula is C11H9ClN4OS. The fraction of sp³-hybridized carbons (Fsp3) is 0.182. The molecule has 92 valence electrons. The van der Waals surface area contributed by atoms with E-state index >= 15 is 0 Å². The smallest absolute Gasteiger partial charge is 0.224 e. The van der Waals surface area contributed by atoms with Gasteiger partial charge in [0.05, 0.1) is 22.5 Å². The molecule has 0 atom stereocenters. The number of aryl methyl sites for hydroxylation is 1. The van der Waals surface area contributed by atoms with E-state index in [0.29, 0.717) is 12.4 Å². The van der Waals surface area contributed by atoms with Crippen molar-refractivity contribution in [3.05, 3.63) is 34.3 Å². The summed E-state index contributed by atoms with van der Waals surface area (Å²) in [5.41, 5.74) is 1.70. The molecule has 3 heterocycles. The van der Waals surface area contributed by atoms with Gasteiger partial charge in [-0.15, -0.1) is 11.3 Å². The number of thiophene rings is 1. The van der Waals surface area contributed by atoms with Crippen molar-refractivity contribution in [3.8, 4) is 0 Å². The standard InChI is InChI=1S/C11H9ClN4OS/c1-6-4-7(17-16-6)5-13-10-9-8(2-3-18-9)14-11(12)15-10/h2-4H,5H2,1H3,(H,13,14,15). The van der Waals surface area contributed by atoms with E-state index in [1.54, 1.807) is 11.3 Å². The molecule has 3 aromatic rings. The Hall–Kier alpha value is -1.66. The first kappa shape index (κ1) is 11.4. The van der Waals surface area contributed by atoms with Crippen LogP contribution in [0.5, 0.6) is 0 Å². The summed E-state index contributed by atoms with van der Waals surface area (Å²) in [4.78, 5) is 8.33. The molecule has 0 unspecified atom stereocenters. The molecule has 0 radical (unpaired) electrons. The van der Waals surface area contributed by atoms with Crippen molar-refractivity contribution in [1.29, 1.82) is 0 Å². The third kappa shape index (κ3) is 2.16. The van der Waals surface area contributed by atoms with Gasteiger partial charge in [-0.3, -0.25) is 0 Å². The first-order valence-electron chi connectivity index (χ1n) is 5.29. The lowest BCUT2D eigenvalue weighted by atomic mass is 10.4. The third-order valence-corrected chi connectivity index (χ3v) is 3.46. The van der Waals surface area contributed by atoms with E-state index in [9.17, 15) is 0 Å². The number of nitrogens with zero attached hydrogens (tertiary/aromatic N) is 3. The van der Waals surface area contributed by atoms with Crippen LogP contribution in [0.4, 0.5) is 5.82 Å². The highest BCUT2D eigenvalue weighted by Crippen LogP contribution is 2.27. The van der Waals surface area contributed by atoms with Gasteiger partial charge in [-0.1, -0.05) is 5.16 Å². The van der Waals surface area contributed by atoms with Crippen molar-refractivity contribution in [2.75, 3.05) is 5.32 Å². The van der Waals surface area contributed by atoms with Crippen LogP contribution >= 0.6 is 22.9 Å². The maximum Gasteiger partial charge on any atom is 0.224 e. The molecule has 1 N–H and O–H groups in total. The lowest BCUT2D eigenvalue weighted by molar-refractivity contribution is 0.384. The van der Waals surface area contributed by atoms with Gasteiger partial charge in [0.2, 0.25) is 5.28 Å². The Bertz CT molecular complexity index is 693. The van der Waals surface area contributed by atoms with Gasteiger partial charge in [0.25, 0.3) is 0 Å². The number of aromatic nitrogens is 3. The Kier molecular flexibility index (Phi) is 2.89. The van der Waals surface area contributed by atoms with Gasteiger partial charge in [0.1, 0.15) is 5.82 Å². The molecule has 0 amide bonds. The molecule has 0 saturated heterocycles. The molecule has 0 aliphatic rings. The summed E-state index contributed by atoms with van der Waals surface area (Å²) in [6.45, 7) is 2.40. The highest BCUT2D eigenvalue weighted by Gasteiger charge is 2.08. The van der Waals surface area contributed by atoms with Crippen molar-refractivity contribution >= 4 is 39.0 Å². The average molecular weight is 281 g/mol. The maximum absolute atomic E-state index is 5.87. The second-order valence-electron chi connectivity index (χ2n) is 3.76. The number of halogens is 1. The van der Waals surface area contributed by atoms with Gasteiger partial charge in [0, 0.05) is 6.07 Å². The Balaban J connectivity index is 1.87. The second kappa shape index (κ2) is 4.55. The zero-order chi connectivity index (χ0) is 12.5. The van der Waals surface area contributed by atoms with Crippen LogP contribution in [0, 0.1) is 6.92 Å². The number of hydrogen-bond acceptors (Lipinski definition) is 6. The fourth-order valence-electron chi connectivity index (χ4n) is 1.63. The fourth-order valence-corrected chi connectivity index (χ4v) is 2.60. The zero-order valence-electron chi connectivity index (χ0n) is 9.48. The van der Waals surface area contributed by atoms with Crippen molar-refractivity contribution in [2.45, 2.75) is 13.5 Å². The number of nitrogens with one attached hydrogen (secondary N) is 1. The van der Waals surface area contributed by atoms with E-state index in [1.807, 2.05) is 24.4 Å². The van der Waals surface area contributed by atoms with Crippen LogP contribution in [0.2, 0.25) is 5.28 Å². The molecule has 0 fully saturated rings. The summed E-state index contributed by atoms with van der Waals surface area (Å²) in [5, 5.41) is 9.20. The van der Waals surface area contributed by atoms with E-state index in [2.05, 4.69) is 20.4 Å². The van der Waals surface area contributed by atoms with E-state index < -0.39 is 0 Å². The van der Waals surface area contributed by atoms with Crippen molar-refractivity contribution < 1.29 is 4.52 Å². The minimum Gasteiger partial charge on any atom is -0.361 e. The molecule has 0 aliphatic carbocycles. The van der Waals surface area contributed by atoms with Crippen molar-refractivity contribution in [3.63, 3.8) is 0 Å². The minimum atomic E-state index is 0.233. The SMILES string of the molecule is Cc1cc(CNc2nc(Cl)nc3ccsc23)on1. The third-order valence-electron chi connectivity index (χ3n) is 2.38. The minimum absolute atomic E-state index is 0.233. The Morgan fingerprint density at radius 3 is 3.11 bits per heavy atom. The van der Waals surface area contributed by atoms with Gasteiger partial charge in [-0.05, 0) is 30.0 Å². The molecule has 3 rings (SSSR count). The molecule has 3 aromatic heterocycles. The van der Waals surface area contributed by atoms with Crippen LogP contribution in [-0.4, -0.2) is 15.1 Å². The van der Waals surface area contributed by atoms with E-state index in [-0.39, 0.29) is 5.28 Å². The average Bonchev–Trinajstić information content (AvgIpc) is 2.94. The van der Waals surface area contributed by atoms with Crippen LogP contribution in [0.15, 0.2) is 22.0 Å². The zero-order valence-corrected chi connectivity index (χ0v) is 11.0. The van der Waals surface area contributed by atoms with Crippen LogP contribution in [-0.2, 0) is 6.54 Å². The summed E-state index contributed by atoms with van der Waals surface area (Å²) < 4.78 is 6.11. The lowest BCUT2D eigenvalue weighted by Gasteiger charge is -2.04. The normalized spacial score (nSPS) is 11.0. The van der Waals surface area contributed by atoms with Gasteiger partial charge in [-0.2, -0.15) is 4.98 Å². The maximum atomic E-state index is 5.87. The predicted octanol–water partition coefficient (Wildman–Crippen LogP) is 3.25. The topological polar surface area (TPSA) is 63.8 Å². The summed E-state index contributed by atoms with van der Waals surface area (Å²) >= 11 is 7.44. The van der Waals surface area contributed by atoms with E-state index in [0.717, 1.165) is 21.7 Å². The number of fused-ring (bicyclic) bond motifs is 1. The summed E-state index contributed by atoms with van der Waals surface area (Å²) in [7, 11) is 0. The molecular weight excluding hydrogens is 272 g/mol. The first-order chi connectivity index (χ1) is 8.72. The lowest BCUT2D eigenvalue weighted by Crippen LogP contribution is -2.01. The van der Waals surface area contributed by atoms with Gasteiger partial charge in [-0.25, -0.2) is 4.98 Å². The second-order valence-corrected chi connectivity index (χ2v) is 5.02. The molecule has 0 saturated carbocycles. The van der Waals surface area contributed by atoms with E-state index in [4.69, 9.17) is 16.1 Å². The Morgan fingerprint density at radius 1 is 1.44 bits per heavy atom. The van der Waals surface area contributed by atoms with Gasteiger partial charge < -0.3 is 9.84 Å². The van der Waals surface area contributed by atoms with Gasteiger partial charge in [0.15, 0.2) is 5.76 Å². The molecule has 7 heteroatoms. The number of rotatable bonds is 3. The predicted molar refractivity (Wildman–Crippen MR) is 71.0 cm³/mol. The van der Waals surface area contributed by atoms with Gasteiger partial charge >= 0.3 is 0 Å². The monoisotopic (exact) mass is 280 g/mol. The molecule has 5 nitrogen and oxygen atoms in total. The van der Waals surface area contributed by atoms with Crippen LogP contribution < -0.4 is 5.32 Å². The summed E-state index contributed by atoms with van der Waals surface area (Å²) in [6, 6.07) is 3.79. The molecule has 0 spiro atoms. The van der Waals surface area contributed by atoms with Crippen molar-refractivity contribution in [2.24, 2.45) is 0 Å². The molecule has 18 heavy (non-hydrogen) atoms. The van der Waals surface area contributed by atoms with E-state index in [1.165, 1.54) is 0 Å². The number of hydrogen-bond donors (Lipinski definition) is 1. The Labute approximate surface area is 112 Å². The first-order valence-corrected chi connectivity index (χ1v) is 6.55. The summed E-state index contributed by atoms with van der Waals surface area (Å²) in [5.74, 6) is 1.47. The molecule has 0 aromatic carbocycles. The molecule has 0 bridgehead atoms. The highest BCUT2D eigenvalue weighted by molar-refractivity contribution is 7.17. The largest absolute Gasteiger partial charge is 0.361 e. The number of anilines is 1. The van der Waals surface area contributed by atoms with Crippen LogP contribution in [0.25, 0.3) is 10.2 Å². The summed E-state index contributed by atoms with van der Waals surface area (Å²) in [6.07, 6.45) is 0.